The minimum atomic E-state index is 0.0199. The first-order valence-corrected chi connectivity index (χ1v) is 7.01. The van der Waals surface area contributed by atoms with Gasteiger partial charge in [0.15, 0.2) is 0 Å². The van der Waals surface area contributed by atoms with Crippen molar-refractivity contribution in [2.75, 3.05) is 0 Å². The first-order valence-electron chi connectivity index (χ1n) is 5.73. The van der Waals surface area contributed by atoms with Gasteiger partial charge in [-0.15, -0.1) is 16.4 Å². The van der Waals surface area contributed by atoms with Gasteiger partial charge in [0.2, 0.25) is 10.5 Å². The molecule has 0 aliphatic heterocycles. The third-order valence-corrected chi connectivity index (χ3v) is 4.30. The fraction of sp³-hybridized carbons (Fsp3) is 0.364. The number of nitrogens with one attached hydrogen (secondary N) is 1. The van der Waals surface area contributed by atoms with Crippen molar-refractivity contribution in [1.82, 2.24) is 19.2 Å². The van der Waals surface area contributed by atoms with E-state index in [0.717, 1.165) is 22.2 Å². The van der Waals surface area contributed by atoms with Crippen LogP contribution in [0.3, 0.4) is 0 Å². The molecule has 0 unspecified atom stereocenters. The Morgan fingerprint density at radius 1 is 1.56 bits per heavy atom. The number of fused-ring (bicyclic) bond motifs is 3. The molecule has 0 saturated heterocycles. The van der Waals surface area contributed by atoms with E-state index >= 15 is 0 Å². The van der Waals surface area contributed by atoms with Crippen LogP contribution in [0.1, 0.15) is 18.9 Å². The maximum absolute atomic E-state index is 12.4. The average molecular weight is 280 g/mol. The molecule has 0 aromatic carbocycles. The van der Waals surface area contributed by atoms with E-state index in [1.54, 1.807) is 4.57 Å². The van der Waals surface area contributed by atoms with Crippen LogP contribution in [0.25, 0.3) is 16.0 Å². The van der Waals surface area contributed by atoms with Crippen molar-refractivity contribution < 1.29 is 0 Å². The van der Waals surface area contributed by atoms with E-state index in [4.69, 9.17) is 12.2 Å². The normalized spacial score (nSPS) is 11.7. The van der Waals surface area contributed by atoms with Crippen LogP contribution in [-0.2, 0) is 6.54 Å². The van der Waals surface area contributed by atoms with Crippen molar-refractivity contribution in [2.45, 2.75) is 26.8 Å². The smallest absolute Gasteiger partial charge is 0.272 e. The van der Waals surface area contributed by atoms with Crippen molar-refractivity contribution in [1.29, 1.82) is 0 Å². The van der Waals surface area contributed by atoms with Crippen LogP contribution < -0.4 is 5.56 Å². The van der Waals surface area contributed by atoms with E-state index in [0.29, 0.717) is 17.1 Å². The largest absolute Gasteiger partial charge is 0.276 e. The van der Waals surface area contributed by atoms with Crippen molar-refractivity contribution in [3.63, 3.8) is 0 Å². The second-order valence-corrected chi connectivity index (χ2v) is 5.48. The summed E-state index contributed by atoms with van der Waals surface area (Å²) in [6, 6.07) is 0. The minimum Gasteiger partial charge on any atom is -0.276 e. The van der Waals surface area contributed by atoms with Crippen LogP contribution in [0.4, 0.5) is 0 Å². The molecule has 0 amide bonds. The van der Waals surface area contributed by atoms with Crippen molar-refractivity contribution in [2.24, 2.45) is 0 Å². The first kappa shape index (κ1) is 11.6. The van der Waals surface area contributed by atoms with Gasteiger partial charge in [0, 0.05) is 6.54 Å². The summed E-state index contributed by atoms with van der Waals surface area (Å²) in [6.07, 6.45) is 0.880. The summed E-state index contributed by atoms with van der Waals surface area (Å²) in [5.41, 5.74) is 1.95. The molecular weight excluding hydrogens is 268 g/mol. The predicted octanol–water partition coefficient (Wildman–Crippen LogP) is 2.49. The molecule has 0 fully saturated rings. The summed E-state index contributed by atoms with van der Waals surface area (Å²) in [4.78, 5) is 12.4. The summed E-state index contributed by atoms with van der Waals surface area (Å²) >= 11 is 6.73. The Labute approximate surface area is 112 Å². The Morgan fingerprint density at radius 2 is 2.33 bits per heavy atom. The van der Waals surface area contributed by atoms with Crippen molar-refractivity contribution in [3.05, 3.63) is 26.1 Å². The maximum atomic E-state index is 12.4. The molecule has 1 N–H and O–H groups in total. The van der Waals surface area contributed by atoms with E-state index in [2.05, 4.69) is 10.2 Å². The highest BCUT2D eigenvalue weighted by atomic mass is 32.1. The average Bonchev–Trinajstić information content (AvgIpc) is 2.89. The molecule has 3 rings (SSSR count). The maximum Gasteiger partial charge on any atom is 0.272 e. The topological polar surface area (TPSA) is 55.1 Å². The number of hydrogen-bond acceptors (Lipinski definition) is 4. The van der Waals surface area contributed by atoms with Crippen LogP contribution in [-0.4, -0.2) is 19.2 Å². The fourth-order valence-corrected chi connectivity index (χ4v) is 3.38. The molecule has 0 saturated carbocycles. The Hall–Kier alpha value is -1.47. The van der Waals surface area contributed by atoms with Gasteiger partial charge in [-0.2, -0.15) is 0 Å². The zero-order chi connectivity index (χ0) is 12.9. The minimum absolute atomic E-state index is 0.0199. The quantitative estimate of drug-likeness (QED) is 0.734. The lowest BCUT2D eigenvalue weighted by molar-refractivity contribution is 0.664. The Kier molecular flexibility index (Phi) is 2.60. The number of hydrogen-bond donors (Lipinski definition) is 1. The van der Waals surface area contributed by atoms with Gasteiger partial charge in [0.1, 0.15) is 4.70 Å². The van der Waals surface area contributed by atoms with E-state index < -0.39 is 0 Å². The Balaban J connectivity index is 2.66. The van der Waals surface area contributed by atoms with Crippen LogP contribution in [0.2, 0.25) is 0 Å². The van der Waals surface area contributed by atoms with Gasteiger partial charge in [0.05, 0.1) is 5.52 Å². The first-order chi connectivity index (χ1) is 8.65. The molecule has 7 heteroatoms. The van der Waals surface area contributed by atoms with Gasteiger partial charge in [-0.25, -0.2) is 5.10 Å². The fourth-order valence-electron chi connectivity index (χ4n) is 2.18. The third-order valence-electron chi connectivity index (χ3n) is 2.95. The predicted molar refractivity (Wildman–Crippen MR) is 75.0 cm³/mol. The van der Waals surface area contributed by atoms with Crippen LogP contribution in [0.5, 0.6) is 0 Å². The number of nitrogens with zero attached hydrogens (tertiary/aromatic N) is 3. The number of H-pyrrole nitrogens is 1. The lowest BCUT2D eigenvalue weighted by Crippen LogP contribution is -2.22. The second-order valence-electron chi connectivity index (χ2n) is 4.22. The van der Waals surface area contributed by atoms with Crippen molar-refractivity contribution in [3.8, 4) is 0 Å². The molecule has 0 aliphatic rings. The number of aromatic amines is 1. The number of rotatable bonds is 2. The van der Waals surface area contributed by atoms with E-state index in [-0.39, 0.29) is 5.56 Å². The number of thiophene rings is 1. The SMILES string of the molecule is CCCn1c(=O)c2scc(C)c2n2c(=S)[nH]nc12. The lowest BCUT2D eigenvalue weighted by Gasteiger charge is -2.06. The molecule has 0 atom stereocenters. The number of aryl methyl sites for hydroxylation is 2. The zero-order valence-electron chi connectivity index (χ0n) is 10.1. The molecule has 18 heavy (non-hydrogen) atoms. The second kappa shape index (κ2) is 4.03. The van der Waals surface area contributed by atoms with Gasteiger partial charge >= 0.3 is 0 Å². The van der Waals surface area contributed by atoms with Crippen LogP contribution in [0.15, 0.2) is 10.2 Å². The van der Waals surface area contributed by atoms with Gasteiger partial charge in [-0.3, -0.25) is 13.8 Å². The third kappa shape index (κ3) is 1.40. The molecule has 94 valence electrons. The standard InChI is InChI=1S/C11H12N4OS2/c1-3-4-14-9(16)8-7(6(2)5-18-8)15-10(14)12-13-11(15)17/h5H,3-4H2,1-2H3,(H,13,17). The van der Waals surface area contributed by atoms with Crippen LogP contribution >= 0.6 is 23.6 Å². The zero-order valence-corrected chi connectivity index (χ0v) is 11.7. The highest BCUT2D eigenvalue weighted by Crippen LogP contribution is 2.23. The molecule has 0 radical (unpaired) electrons. The van der Waals surface area contributed by atoms with E-state index in [1.807, 2.05) is 23.6 Å². The molecule has 3 aromatic rings. The van der Waals surface area contributed by atoms with Gasteiger partial charge in [0.25, 0.3) is 5.56 Å². The van der Waals surface area contributed by atoms with Gasteiger partial charge < -0.3 is 0 Å². The van der Waals surface area contributed by atoms with Gasteiger partial charge in [-0.1, -0.05) is 6.92 Å². The monoisotopic (exact) mass is 280 g/mol. The molecule has 0 aliphatic carbocycles. The van der Waals surface area contributed by atoms with Crippen LogP contribution in [0, 0.1) is 11.7 Å². The van der Waals surface area contributed by atoms with E-state index in [1.165, 1.54) is 11.3 Å². The lowest BCUT2D eigenvalue weighted by atomic mass is 10.3. The highest BCUT2D eigenvalue weighted by Gasteiger charge is 2.15. The summed E-state index contributed by atoms with van der Waals surface area (Å²) in [7, 11) is 0. The summed E-state index contributed by atoms with van der Waals surface area (Å²) in [5, 5.41) is 8.94. The van der Waals surface area contributed by atoms with E-state index in [9.17, 15) is 4.79 Å². The summed E-state index contributed by atoms with van der Waals surface area (Å²) in [6.45, 7) is 4.67. The van der Waals surface area contributed by atoms with Crippen molar-refractivity contribution >= 4 is 39.5 Å². The molecular formula is C11H12N4OS2. The molecule has 3 aromatic heterocycles. The molecule has 3 heterocycles. The number of aromatic nitrogens is 4. The Bertz CT molecular complexity index is 852. The summed E-state index contributed by atoms with van der Waals surface area (Å²) in [5.74, 6) is 0.598. The highest BCUT2D eigenvalue weighted by molar-refractivity contribution is 7.71. The molecule has 5 nitrogen and oxygen atoms in total. The Morgan fingerprint density at radius 3 is 3.06 bits per heavy atom. The van der Waals surface area contributed by atoms with Gasteiger partial charge in [-0.05, 0) is 36.5 Å². The molecule has 0 spiro atoms. The summed E-state index contributed by atoms with van der Waals surface area (Å²) < 4.78 is 4.81. The molecule has 0 bridgehead atoms.